The van der Waals surface area contributed by atoms with E-state index in [1.165, 1.54) is 19.9 Å². The lowest BCUT2D eigenvalue weighted by Crippen LogP contribution is -2.40. The van der Waals surface area contributed by atoms with Gasteiger partial charge in [-0.3, -0.25) is 4.79 Å². The summed E-state index contributed by atoms with van der Waals surface area (Å²) in [5.41, 5.74) is 0.823. The van der Waals surface area contributed by atoms with Crippen molar-refractivity contribution >= 4 is 17.6 Å². The van der Waals surface area contributed by atoms with Crippen LogP contribution in [0.25, 0.3) is 0 Å². The predicted molar refractivity (Wildman–Crippen MR) is 93.8 cm³/mol. The second kappa shape index (κ2) is 7.79. The minimum Gasteiger partial charge on any atom is -0.449 e. The van der Waals surface area contributed by atoms with E-state index < -0.39 is 17.7 Å². The SMILES string of the molecule is CCN(C(=O)C(C)OC(=O)c1c(C)cc(=O)oc1C)c1ccccc1. The number of aryl methyl sites for hydroxylation is 2. The van der Waals surface area contributed by atoms with Crippen LogP contribution in [0.15, 0.2) is 45.6 Å². The molecule has 1 heterocycles. The molecule has 0 bridgehead atoms. The zero-order valence-corrected chi connectivity index (χ0v) is 14.7. The highest BCUT2D eigenvalue weighted by atomic mass is 16.5. The maximum atomic E-state index is 12.6. The standard InChI is InChI=1S/C19H21NO5/c1-5-20(15-9-7-6-8-10-15)18(22)14(4)25-19(23)17-12(2)11-16(21)24-13(17)3/h6-11,14H,5H2,1-4H3. The summed E-state index contributed by atoms with van der Waals surface area (Å²) < 4.78 is 10.3. The normalized spacial score (nSPS) is 11.7. The molecule has 0 spiro atoms. The number of carbonyl (C=O) groups excluding carboxylic acids is 2. The Labute approximate surface area is 146 Å². The van der Waals surface area contributed by atoms with Crippen LogP contribution in [0.3, 0.4) is 0 Å². The van der Waals surface area contributed by atoms with Crippen LogP contribution in [0.4, 0.5) is 5.69 Å². The van der Waals surface area contributed by atoms with E-state index >= 15 is 0 Å². The lowest BCUT2D eigenvalue weighted by atomic mass is 10.1. The first kappa shape index (κ1) is 18.4. The Morgan fingerprint density at radius 2 is 1.84 bits per heavy atom. The van der Waals surface area contributed by atoms with Crippen LogP contribution in [0.5, 0.6) is 0 Å². The van der Waals surface area contributed by atoms with Gasteiger partial charge in [0.15, 0.2) is 6.10 Å². The fraction of sp³-hybridized carbons (Fsp3) is 0.316. The van der Waals surface area contributed by atoms with E-state index in [0.717, 1.165) is 5.69 Å². The number of anilines is 1. The number of carbonyl (C=O) groups is 2. The second-order valence-corrected chi connectivity index (χ2v) is 5.65. The molecule has 1 unspecified atom stereocenters. The lowest BCUT2D eigenvalue weighted by molar-refractivity contribution is -0.126. The van der Waals surface area contributed by atoms with Gasteiger partial charge in [0.2, 0.25) is 0 Å². The third kappa shape index (κ3) is 4.15. The molecular formula is C19H21NO5. The summed E-state index contributed by atoms with van der Waals surface area (Å²) in [7, 11) is 0. The molecule has 1 aromatic carbocycles. The van der Waals surface area contributed by atoms with Crippen molar-refractivity contribution < 1.29 is 18.7 Å². The Morgan fingerprint density at radius 3 is 2.40 bits per heavy atom. The molecule has 0 aliphatic rings. The maximum Gasteiger partial charge on any atom is 0.342 e. The van der Waals surface area contributed by atoms with Crippen molar-refractivity contribution in [1.29, 1.82) is 0 Å². The molecule has 2 rings (SSSR count). The fourth-order valence-electron chi connectivity index (χ4n) is 2.63. The van der Waals surface area contributed by atoms with Gasteiger partial charge in [0.25, 0.3) is 5.91 Å². The first-order valence-electron chi connectivity index (χ1n) is 8.04. The predicted octanol–water partition coefficient (Wildman–Crippen LogP) is 2.86. The van der Waals surface area contributed by atoms with Crippen molar-refractivity contribution in [1.82, 2.24) is 0 Å². The molecule has 2 aromatic rings. The third-order valence-electron chi connectivity index (χ3n) is 3.82. The van der Waals surface area contributed by atoms with Gasteiger partial charge in [-0.15, -0.1) is 0 Å². The highest BCUT2D eigenvalue weighted by molar-refractivity contribution is 5.99. The zero-order valence-electron chi connectivity index (χ0n) is 14.7. The molecule has 0 N–H and O–H groups in total. The largest absolute Gasteiger partial charge is 0.449 e. The van der Waals surface area contributed by atoms with Crippen LogP contribution < -0.4 is 10.5 Å². The number of hydrogen-bond donors (Lipinski definition) is 0. The van der Waals surface area contributed by atoms with Crippen LogP contribution in [0.2, 0.25) is 0 Å². The van der Waals surface area contributed by atoms with Crippen LogP contribution in [-0.4, -0.2) is 24.5 Å². The highest BCUT2D eigenvalue weighted by Gasteiger charge is 2.26. The van der Waals surface area contributed by atoms with E-state index in [0.29, 0.717) is 12.1 Å². The van der Waals surface area contributed by atoms with Crippen LogP contribution >= 0.6 is 0 Å². The molecule has 25 heavy (non-hydrogen) atoms. The summed E-state index contributed by atoms with van der Waals surface area (Å²) in [6, 6.07) is 10.4. The number of benzene rings is 1. The molecule has 0 aliphatic heterocycles. The van der Waals surface area contributed by atoms with E-state index in [9.17, 15) is 14.4 Å². The third-order valence-corrected chi connectivity index (χ3v) is 3.82. The number of amides is 1. The van der Waals surface area contributed by atoms with Gasteiger partial charge in [0, 0.05) is 18.3 Å². The second-order valence-electron chi connectivity index (χ2n) is 5.65. The van der Waals surface area contributed by atoms with E-state index in [-0.39, 0.29) is 17.2 Å². The minimum absolute atomic E-state index is 0.169. The fourth-order valence-corrected chi connectivity index (χ4v) is 2.63. The number of hydrogen-bond acceptors (Lipinski definition) is 5. The molecule has 0 aliphatic carbocycles. The first-order valence-corrected chi connectivity index (χ1v) is 8.04. The number of ether oxygens (including phenoxy) is 1. The van der Waals surface area contributed by atoms with Crippen molar-refractivity contribution in [3.05, 3.63) is 63.7 Å². The molecule has 0 radical (unpaired) electrons. The van der Waals surface area contributed by atoms with Crippen LogP contribution in [0, 0.1) is 13.8 Å². The van der Waals surface area contributed by atoms with Gasteiger partial charge in [-0.05, 0) is 45.4 Å². The van der Waals surface area contributed by atoms with Gasteiger partial charge < -0.3 is 14.1 Å². The highest BCUT2D eigenvalue weighted by Crippen LogP contribution is 2.17. The molecule has 1 atom stereocenters. The summed E-state index contributed by atoms with van der Waals surface area (Å²) in [5.74, 6) is -0.844. The van der Waals surface area contributed by atoms with Crippen LogP contribution in [0.1, 0.15) is 35.5 Å². The average molecular weight is 343 g/mol. The van der Waals surface area contributed by atoms with Gasteiger partial charge in [-0.25, -0.2) is 9.59 Å². The molecular weight excluding hydrogens is 322 g/mol. The topological polar surface area (TPSA) is 76.8 Å². The summed E-state index contributed by atoms with van der Waals surface area (Å²) in [4.78, 5) is 37.9. The number of likely N-dealkylation sites (N-methyl/N-ethyl adjacent to an activating group) is 1. The van der Waals surface area contributed by atoms with Crippen molar-refractivity contribution in [3.63, 3.8) is 0 Å². The minimum atomic E-state index is -0.974. The molecule has 0 saturated heterocycles. The van der Waals surface area contributed by atoms with Crippen molar-refractivity contribution in [2.45, 2.75) is 33.8 Å². The summed E-state index contributed by atoms with van der Waals surface area (Å²) in [6.07, 6.45) is -0.974. The Hall–Kier alpha value is -2.89. The molecule has 0 saturated carbocycles. The van der Waals surface area contributed by atoms with E-state index in [1.807, 2.05) is 37.3 Å². The summed E-state index contributed by atoms with van der Waals surface area (Å²) >= 11 is 0. The van der Waals surface area contributed by atoms with Gasteiger partial charge in [0.1, 0.15) is 11.3 Å². The molecule has 132 valence electrons. The smallest absolute Gasteiger partial charge is 0.342 e. The molecule has 6 heteroatoms. The Morgan fingerprint density at radius 1 is 1.20 bits per heavy atom. The van der Waals surface area contributed by atoms with E-state index in [1.54, 1.807) is 11.8 Å². The number of esters is 1. The molecule has 1 aromatic heterocycles. The van der Waals surface area contributed by atoms with Gasteiger partial charge in [-0.1, -0.05) is 18.2 Å². The summed E-state index contributed by atoms with van der Waals surface area (Å²) in [6.45, 7) is 6.95. The number of nitrogens with zero attached hydrogens (tertiary/aromatic N) is 1. The average Bonchev–Trinajstić information content (AvgIpc) is 2.55. The van der Waals surface area contributed by atoms with Crippen LogP contribution in [-0.2, 0) is 9.53 Å². The monoisotopic (exact) mass is 343 g/mol. The number of para-hydroxylation sites is 1. The maximum absolute atomic E-state index is 12.6. The number of rotatable bonds is 5. The van der Waals surface area contributed by atoms with Crippen molar-refractivity contribution in [2.75, 3.05) is 11.4 Å². The zero-order chi connectivity index (χ0) is 18.6. The lowest BCUT2D eigenvalue weighted by Gasteiger charge is -2.24. The Kier molecular flexibility index (Phi) is 5.75. The molecule has 6 nitrogen and oxygen atoms in total. The van der Waals surface area contributed by atoms with Gasteiger partial charge in [-0.2, -0.15) is 0 Å². The van der Waals surface area contributed by atoms with E-state index in [2.05, 4.69) is 0 Å². The molecule has 1 amide bonds. The quantitative estimate of drug-likeness (QED) is 0.780. The Balaban J connectivity index is 2.18. The van der Waals surface area contributed by atoms with Gasteiger partial charge >= 0.3 is 11.6 Å². The van der Waals surface area contributed by atoms with Gasteiger partial charge in [0.05, 0.1) is 0 Å². The Bertz CT molecular complexity index is 799. The first-order chi connectivity index (χ1) is 11.8. The van der Waals surface area contributed by atoms with Crippen molar-refractivity contribution in [2.24, 2.45) is 0 Å². The molecule has 0 fully saturated rings. The summed E-state index contributed by atoms with van der Waals surface area (Å²) in [5, 5.41) is 0. The van der Waals surface area contributed by atoms with Crippen molar-refractivity contribution in [3.8, 4) is 0 Å². The van der Waals surface area contributed by atoms with E-state index in [4.69, 9.17) is 9.15 Å².